The van der Waals surface area contributed by atoms with Gasteiger partial charge in [-0.25, -0.2) is 0 Å². The molecule has 0 spiro atoms. The maximum atomic E-state index is 11.8. The molecule has 1 aromatic heterocycles. The number of hydrogen-bond acceptors (Lipinski definition) is 8. The van der Waals surface area contributed by atoms with E-state index in [2.05, 4.69) is 124 Å². The molecular weight excluding hydrogens is 625 g/mol. The van der Waals surface area contributed by atoms with Gasteiger partial charge in [0.05, 0.1) is 4.88 Å². The van der Waals surface area contributed by atoms with E-state index in [9.17, 15) is 5.11 Å². The molecule has 0 bridgehead atoms. The van der Waals surface area contributed by atoms with Gasteiger partial charge in [-0.05, 0) is 54.4 Å². The van der Waals surface area contributed by atoms with Crippen LogP contribution in [0.15, 0.2) is 97.1 Å². The van der Waals surface area contributed by atoms with Gasteiger partial charge in [0, 0.05) is 93.5 Å². The number of para-hydroxylation sites is 2. The predicted molar refractivity (Wildman–Crippen MR) is 198 cm³/mol. The zero-order valence-corrected chi connectivity index (χ0v) is 28.7. The van der Waals surface area contributed by atoms with Crippen molar-refractivity contribution >= 4 is 44.3 Å². The van der Waals surface area contributed by atoms with Gasteiger partial charge in [-0.3, -0.25) is 9.80 Å². The second kappa shape index (κ2) is 14.1. The van der Waals surface area contributed by atoms with Crippen LogP contribution in [-0.4, -0.2) is 67.3 Å². The first-order valence-electron chi connectivity index (χ1n) is 16.1. The number of rotatable bonds is 8. The smallest absolute Gasteiger partial charge is 0.124 e. The molecule has 2 aliphatic rings. The third-order valence-electron chi connectivity index (χ3n) is 9.28. The van der Waals surface area contributed by atoms with Crippen molar-refractivity contribution in [3.05, 3.63) is 118 Å². The lowest BCUT2D eigenvalue weighted by atomic mass is 9.97. The van der Waals surface area contributed by atoms with Crippen molar-refractivity contribution in [2.75, 3.05) is 62.2 Å². The molecule has 0 amide bonds. The minimum absolute atomic E-state index is 0.440. The van der Waals surface area contributed by atoms with Crippen LogP contribution >= 0.6 is 32.9 Å². The van der Waals surface area contributed by atoms with Gasteiger partial charge in [0.2, 0.25) is 0 Å². The topological polar surface area (TPSA) is 33.2 Å². The van der Waals surface area contributed by atoms with Gasteiger partial charge in [-0.1, -0.05) is 99.1 Å². The van der Waals surface area contributed by atoms with Gasteiger partial charge >= 0.3 is 0 Å². The van der Waals surface area contributed by atoms with Crippen LogP contribution in [0, 0.1) is 10.7 Å². The molecule has 2 fully saturated rings. The van der Waals surface area contributed by atoms with Crippen molar-refractivity contribution in [3.63, 3.8) is 0 Å². The summed E-state index contributed by atoms with van der Waals surface area (Å²) in [6.07, 6.45) is 0. The zero-order valence-electron chi connectivity index (χ0n) is 26.3. The summed E-state index contributed by atoms with van der Waals surface area (Å²) in [4.78, 5) is 11.1. The molecule has 3 heterocycles. The second-order valence-electron chi connectivity index (χ2n) is 12.4. The minimum atomic E-state index is 0.440. The summed E-state index contributed by atoms with van der Waals surface area (Å²) >= 11 is 5.90. The number of anilines is 2. The van der Waals surface area contributed by atoms with Crippen molar-refractivity contribution in [2.24, 2.45) is 0 Å². The summed E-state index contributed by atoms with van der Waals surface area (Å²) in [6.45, 7) is 11.3. The number of phenols is 1. The third-order valence-corrected chi connectivity index (χ3v) is 12.3. The fourth-order valence-corrected chi connectivity index (χ4v) is 9.54. The standard InChI is InChI=1S/C38H40N4OS3/c1-28-12-14-29(15-13-28)35-37(45-46-38(35)44)30-24-31(26-39-16-20-41(21-17-39)33-8-4-2-5-9-33)36(43)32(25-30)27-40-18-22-42(23-19-40)34-10-6-3-7-11-34/h2-15,24-25,43H,16-23,26-27H2,1H3. The number of nitrogens with zero attached hydrogens (tertiary/aromatic N) is 4. The second-order valence-corrected chi connectivity index (χ2v) is 15.2. The molecule has 1 N–H and O–H groups in total. The first-order chi connectivity index (χ1) is 22.5. The number of hydrogen-bond donors (Lipinski definition) is 1. The molecule has 0 saturated carbocycles. The lowest BCUT2D eigenvalue weighted by Crippen LogP contribution is -2.46. The van der Waals surface area contributed by atoms with E-state index >= 15 is 0 Å². The Kier molecular flexibility index (Phi) is 9.51. The van der Waals surface area contributed by atoms with Gasteiger partial charge < -0.3 is 14.9 Å². The number of aromatic hydroxyl groups is 1. The zero-order chi connectivity index (χ0) is 31.5. The third kappa shape index (κ3) is 6.92. The highest BCUT2D eigenvalue weighted by atomic mass is 32.9. The molecule has 5 nitrogen and oxygen atoms in total. The number of aryl methyl sites for hydroxylation is 1. The number of phenolic OH excluding ortho intramolecular Hbond substituents is 1. The summed E-state index contributed by atoms with van der Waals surface area (Å²) in [5.74, 6) is 0.440. The van der Waals surface area contributed by atoms with E-state index in [0.717, 1.165) is 97.1 Å². The Morgan fingerprint density at radius 3 is 1.57 bits per heavy atom. The van der Waals surface area contributed by atoms with E-state index in [1.807, 2.05) is 0 Å². The Morgan fingerprint density at radius 2 is 1.09 bits per heavy atom. The first kappa shape index (κ1) is 31.1. The normalized spacial score (nSPS) is 16.2. The molecule has 2 aliphatic heterocycles. The van der Waals surface area contributed by atoms with E-state index in [-0.39, 0.29) is 0 Å². The maximum Gasteiger partial charge on any atom is 0.124 e. The predicted octanol–water partition coefficient (Wildman–Crippen LogP) is 8.53. The van der Waals surface area contributed by atoms with E-state index in [4.69, 9.17) is 12.2 Å². The Bertz CT molecular complexity index is 1720. The SMILES string of the molecule is Cc1ccc(-c2c(-c3cc(CN4CCN(c5ccccc5)CC4)c(O)c(CN4CCN(c5ccccc5)CC4)c3)ssc2=S)cc1. The molecule has 46 heavy (non-hydrogen) atoms. The molecular formula is C38H40N4OS3. The van der Waals surface area contributed by atoms with Gasteiger partial charge in [0.1, 0.15) is 9.57 Å². The fraction of sp³-hybridized carbons (Fsp3) is 0.289. The van der Waals surface area contributed by atoms with Gasteiger partial charge in [-0.2, -0.15) is 0 Å². The molecule has 7 rings (SSSR count). The van der Waals surface area contributed by atoms with Crippen molar-refractivity contribution in [2.45, 2.75) is 20.0 Å². The molecule has 4 aromatic carbocycles. The highest BCUT2D eigenvalue weighted by molar-refractivity contribution is 7.80. The first-order valence-corrected chi connectivity index (χ1v) is 18.7. The molecule has 0 aliphatic carbocycles. The van der Waals surface area contributed by atoms with Gasteiger partial charge in [-0.15, -0.1) is 0 Å². The number of benzene rings is 4. The highest BCUT2D eigenvalue weighted by Gasteiger charge is 2.24. The van der Waals surface area contributed by atoms with Gasteiger partial charge in [0.25, 0.3) is 0 Å². The molecule has 8 heteroatoms. The molecule has 0 radical (unpaired) electrons. The van der Waals surface area contributed by atoms with Crippen molar-refractivity contribution in [3.8, 4) is 27.3 Å². The lowest BCUT2D eigenvalue weighted by molar-refractivity contribution is 0.240. The number of piperazine rings is 2. The average Bonchev–Trinajstić information content (AvgIpc) is 3.49. The van der Waals surface area contributed by atoms with Crippen LogP contribution in [-0.2, 0) is 13.1 Å². The van der Waals surface area contributed by atoms with E-state index in [0.29, 0.717) is 5.75 Å². The molecule has 2 saturated heterocycles. The van der Waals surface area contributed by atoms with Crippen molar-refractivity contribution < 1.29 is 5.11 Å². The van der Waals surface area contributed by atoms with Crippen LogP contribution < -0.4 is 9.80 Å². The van der Waals surface area contributed by atoms with Crippen molar-refractivity contribution in [1.82, 2.24) is 9.80 Å². The summed E-state index contributed by atoms with van der Waals surface area (Å²) < 4.78 is 0.925. The Balaban J connectivity index is 1.16. The highest BCUT2D eigenvalue weighted by Crippen LogP contribution is 2.43. The summed E-state index contributed by atoms with van der Waals surface area (Å²) in [6, 6.07) is 34.5. The Labute approximate surface area is 285 Å². The molecule has 5 aromatic rings. The van der Waals surface area contributed by atoms with Crippen LogP contribution in [0.1, 0.15) is 16.7 Å². The Hall–Kier alpha value is -3.53. The molecule has 0 unspecified atom stereocenters. The average molecular weight is 665 g/mol. The van der Waals surface area contributed by atoms with Crippen LogP contribution in [0.5, 0.6) is 5.75 Å². The Morgan fingerprint density at radius 1 is 0.609 bits per heavy atom. The molecule has 0 atom stereocenters. The summed E-state index contributed by atoms with van der Waals surface area (Å²) in [5.41, 5.74) is 9.26. The molecule has 236 valence electrons. The van der Waals surface area contributed by atoms with Crippen LogP contribution in [0.4, 0.5) is 11.4 Å². The van der Waals surface area contributed by atoms with Crippen LogP contribution in [0.3, 0.4) is 0 Å². The largest absolute Gasteiger partial charge is 0.507 e. The van der Waals surface area contributed by atoms with Crippen molar-refractivity contribution in [1.29, 1.82) is 0 Å². The van der Waals surface area contributed by atoms with Crippen LogP contribution in [0.2, 0.25) is 0 Å². The van der Waals surface area contributed by atoms with E-state index in [1.54, 1.807) is 20.7 Å². The maximum absolute atomic E-state index is 11.8. The van der Waals surface area contributed by atoms with Crippen LogP contribution in [0.25, 0.3) is 21.6 Å². The fourth-order valence-electron chi connectivity index (χ4n) is 6.64. The monoisotopic (exact) mass is 664 g/mol. The minimum Gasteiger partial charge on any atom is -0.507 e. The summed E-state index contributed by atoms with van der Waals surface area (Å²) in [5, 5.41) is 11.8. The lowest BCUT2D eigenvalue weighted by Gasteiger charge is -2.37. The van der Waals surface area contributed by atoms with E-state index in [1.165, 1.54) is 21.8 Å². The summed E-state index contributed by atoms with van der Waals surface area (Å²) in [7, 11) is 3.43. The van der Waals surface area contributed by atoms with Gasteiger partial charge in [0.15, 0.2) is 0 Å². The quantitative estimate of drug-likeness (QED) is 0.132. The van der Waals surface area contributed by atoms with E-state index < -0.39 is 0 Å².